The molecule has 0 N–H and O–H groups in total. The fourth-order valence-corrected chi connectivity index (χ4v) is 1.49. The van der Waals surface area contributed by atoms with Gasteiger partial charge < -0.3 is 4.90 Å². The van der Waals surface area contributed by atoms with Crippen LogP contribution in [0.3, 0.4) is 0 Å². The topological polar surface area (TPSA) is 3.24 Å². The molecule has 0 aliphatic rings. The molecule has 0 spiro atoms. The second-order valence-electron chi connectivity index (χ2n) is 5.05. The second-order valence-corrected chi connectivity index (χ2v) is 5.05. The lowest BCUT2D eigenvalue weighted by Gasteiger charge is -2.24. The van der Waals surface area contributed by atoms with E-state index in [1.165, 1.54) is 38.8 Å². The molecular weight excluding hydrogens is 218 g/mol. The Morgan fingerprint density at radius 3 is 1.17 bits per heavy atom. The molecule has 0 aliphatic carbocycles. The molecule has 0 aliphatic heterocycles. The van der Waals surface area contributed by atoms with Crippen molar-refractivity contribution in [3.8, 4) is 0 Å². The lowest BCUT2D eigenvalue weighted by atomic mass is 10.1. The summed E-state index contributed by atoms with van der Waals surface area (Å²) in [6.45, 7) is 22.3. The van der Waals surface area contributed by atoms with Crippen LogP contribution in [0.25, 0.3) is 0 Å². The molecular formula is C17H41N. The van der Waals surface area contributed by atoms with E-state index < -0.39 is 0 Å². The third-order valence-corrected chi connectivity index (χ3v) is 3.15. The van der Waals surface area contributed by atoms with Gasteiger partial charge >= 0.3 is 0 Å². The third kappa shape index (κ3) is 18.3. The van der Waals surface area contributed by atoms with Crippen LogP contribution in [0.15, 0.2) is 0 Å². The SMILES string of the molecule is CC.CCC(C)CC.CCCN(CCC)C(C)C. The summed E-state index contributed by atoms with van der Waals surface area (Å²) in [6.07, 6.45) is 5.21. The molecule has 0 fully saturated rings. The maximum absolute atomic E-state index is 2.53. The Morgan fingerprint density at radius 2 is 1.06 bits per heavy atom. The summed E-state index contributed by atoms with van der Waals surface area (Å²) < 4.78 is 0. The zero-order valence-corrected chi connectivity index (χ0v) is 14.8. The maximum Gasteiger partial charge on any atom is 0.00385 e. The minimum Gasteiger partial charge on any atom is -0.301 e. The Balaban J connectivity index is -0.000000241. The third-order valence-electron chi connectivity index (χ3n) is 3.15. The first-order valence-electron chi connectivity index (χ1n) is 8.27. The molecule has 0 saturated heterocycles. The van der Waals surface area contributed by atoms with Crippen LogP contribution in [-0.4, -0.2) is 24.0 Å². The summed E-state index contributed by atoms with van der Waals surface area (Å²) in [5.74, 6) is 0.935. The summed E-state index contributed by atoms with van der Waals surface area (Å²) in [7, 11) is 0. The van der Waals surface area contributed by atoms with Gasteiger partial charge in [0.25, 0.3) is 0 Å². The molecule has 0 unspecified atom stereocenters. The fraction of sp³-hybridized carbons (Fsp3) is 1.00. The van der Waals surface area contributed by atoms with Crippen LogP contribution in [0.2, 0.25) is 0 Å². The van der Waals surface area contributed by atoms with Gasteiger partial charge in [-0.05, 0) is 45.7 Å². The molecule has 0 bridgehead atoms. The monoisotopic (exact) mass is 259 g/mol. The van der Waals surface area contributed by atoms with Crippen molar-refractivity contribution in [1.82, 2.24) is 4.90 Å². The molecule has 0 rings (SSSR count). The van der Waals surface area contributed by atoms with Gasteiger partial charge in [-0.1, -0.05) is 61.3 Å². The summed E-state index contributed by atoms with van der Waals surface area (Å²) in [5.41, 5.74) is 0. The van der Waals surface area contributed by atoms with Gasteiger partial charge in [-0.25, -0.2) is 0 Å². The first kappa shape index (κ1) is 23.1. The molecule has 0 atom stereocenters. The largest absolute Gasteiger partial charge is 0.301 e. The minimum absolute atomic E-state index is 0.722. The first-order chi connectivity index (χ1) is 8.53. The van der Waals surface area contributed by atoms with Crippen LogP contribution in [0, 0.1) is 5.92 Å². The summed E-state index contributed by atoms with van der Waals surface area (Å²) >= 11 is 0. The molecule has 0 radical (unpaired) electrons. The quantitative estimate of drug-likeness (QED) is 0.543. The lowest BCUT2D eigenvalue weighted by Crippen LogP contribution is -2.32. The molecule has 0 amide bonds. The molecule has 0 heterocycles. The average Bonchev–Trinajstić information content (AvgIpc) is 2.40. The van der Waals surface area contributed by atoms with Gasteiger partial charge in [0.1, 0.15) is 0 Å². The zero-order chi connectivity index (χ0) is 15.0. The molecule has 0 aromatic heterocycles. The molecule has 0 aromatic rings. The predicted octanol–water partition coefficient (Wildman–Crippen LogP) is 5.99. The van der Waals surface area contributed by atoms with E-state index >= 15 is 0 Å². The molecule has 0 aromatic carbocycles. The molecule has 1 nitrogen and oxygen atoms in total. The van der Waals surface area contributed by atoms with E-state index in [4.69, 9.17) is 0 Å². The van der Waals surface area contributed by atoms with Crippen molar-refractivity contribution >= 4 is 0 Å². The van der Waals surface area contributed by atoms with Gasteiger partial charge in [0.2, 0.25) is 0 Å². The van der Waals surface area contributed by atoms with E-state index in [1.54, 1.807) is 0 Å². The van der Waals surface area contributed by atoms with Gasteiger partial charge in [-0.2, -0.15) is 0 Å². The summed E-state index contributed by atoms with van der Waals surface area (Å²) in [5, 5.41) is 0. The summed E-state index contributed by atoms with van der Waals surface area (Å²) in [6, 6.07) is 0.722. The van der Waals surface area contributed by atoms with Crippen LogP contribution in [0.5, 0.6) is 0 Å². The Kier molecular flexibility index (Phi) is 24.8. The van der Waals surface area contributed by atoms with Crippen molar-refractivity contribution < 1.29 is 0 Å². The van der Waals surface area contributed by atoms with Gasteiger partial charge in [-0.3, -0.25) is 0 Å². The fourth-order valence-electron chi connectivity index (χ4n) is 1.49. The molecule has 114 valence electrons. The van der Waals surface area contributed by atoms with Crippen LogP contribution in [-0.2, 0) is 0 Å². The van der Waals surface area contributed by atoms with Crippen molar-refractivity contribution in [3.63, 3.8) is 0 Å². The van der Waals surface area contributed by atoms with Crippen molar-refractivity contribution in [3.05, 3.63) is 0 Å². The number of hydrogen-bond acceptors (Lipinski definition) is 1. The van der Waals surface area contributed by atoms with Crippen molar-refractivity contribution in [1.29, 1.82) is 0 Å². The highest BCUT2D eigenvalue weighted by molar-refractivity contribution is 4.60. The van der Waals surface area contributed by atoms with Gasteiger partial charge in [0.05, 0.1) is 0 Å². The first-order valence-corrected chi connectivity index (χ1v) is 8.27. The zero-order valence-electron chi connectivity index (χ0n) is 14.8. The Morgan fingerprint density at radius 1 is 0.722 bits per heavy atom. The Hall–Kier alpha value is -0.0400. The van der Waals surface area contributed by atoms with Crippen molar-refractivity contribution in [2.24, 2.45) is 5.92 Å². The number of hydrogen-bond donors (Lipinski definition) is 0. The second kappa shape index (κ2) is 19.3. The van der Waals surface area contributed by atoms with Gasteiger partial charge in [0.15, 0.2) is 0 Å². The molecule has 0 saturated carbocycles. The standard InChI is InChI=1S/C9H21N.C6H14.C2H6/c1-5-7-10(8-6-2)9(3)4;1-4-6(3)5-2;1-2/h9H,5-8H2,1-4H3;6H,4-5H2,1-3H3;1-2H3. The van der Waals surface area contributed by atoms with E-state index in [-0.39, 0.29) is 0 Å². The van der Waals surface area contributed by atoms with Crippen LogP contribution < -0.4 is 0 Å². The van der Waals surface area contributed by atoms with Crippen LogP contribution in [0.4, 0.5) is 0 Å². The Bertz CT molecular complexity index is 111. The van der Waals surface area contributed by atoms with Crippen LogP contribution >= 0.6 is 0 Å². The van der Waals surface area contributed by atoms with E-state index in [1.807, 2.05) is 13.8 Å². The summed E-state index contributed by atoms with van der Waals surface area (Å²) in [4.78, 5) is 2.53. The van der Waals surface area contributed by atoms with E-state index in [0.29, 0.717) is 0 Å². The van der Waals surface area contributed by atoms with E-state index in [0.717, 1.165) is 12.0 Å². The Labute approximate surface area is 118 Å². The smallest absolute Gasteiger partial charge is 0.00385 e. The van der Waals surface area contributed by atoms with Crippen LogP contribution in [0.1, 0.15) is 88.0 Å². The normalized spacial score (nSPS) is 10.0. The number of nitrogens with zero attached hydrogens (tertiary/aromatic N) is 1. The van der Waals surface area contributed by atoms with E-state index in [2.05, 4.69) is 53.4 Å². The van der Waals surface area contributed by atoms with E-state index in [9.17, 15) is 0 Å². The molecule has 1 heteroatoms. The number of rotatable bonds is 7. The minimum atomic E-state index is 0.722. The predicted molar refractivity (Wildman–Crippen MR) is 88.4 cm³/mol. The highest BCUT2D eigenvalue weighted by Gasteiger charge is 2.04. The molecule has 18 heavy (non-hydrogen) atoms. The van der Waals surface area contributed by atoms with Gasteiger partial charge in [0, 0.05) is 6.04 Å². The highest BCUT2D eigenvalue weighted by atomic mass is 15.1. The maximum atomic E-state index is 2.53. The lowest BCUT2D eigenvalue weighted by molar-refractivity contribution is 0.222. The van der Waals surface area contributed by atoms with Crippen molar-refractivity contribution in [2.75, 3.05) is 13.1 Å². The van der Waals surface area contributed by atoms with Crippen molar-refractivity contribution in [2.45, 2.75) is 94.0 Å². The average molecular weight is 260 g/mol. The van der Waals surface area contributed by atoms with Gasteiger partial charge in [-0.15, -0.1) is 0 Å². The highest BCUT2D eigenvalue weighted by Crippen LogP contribution is 2.02.